The Balaban J connectivity index is 2.41. The highest BCUT2D eigenvalue weighted by atomic mass is 17.5. The highest BCUT2D eigenvalue weighted by Crippen LogP contribution is 2.24. The molecule has 0 fully saturated rings. The maximum Gasteiger partial charge on any atom is 0.542 e. The fourth-order valence-corrected chi connectivity index (χ4v) is 1.23. The minimum absolute atomic E-state index is 0.275. The van der Waals surface area contributed by atoms with Crippen LogP contribution in [0.5, 0.6) is 0 Å². The van der Waals surface area contributed by atoms with Gasteiger partial charge in [0.15, 0.2) is 0 Å². The van der Waals surface area contributed by atoms with E-state index in [9.17, 15) is 4.79 Å². The first-order valence-electron chi connectivity index (χ1n) is 5.70. The zero-order valence-corrected chi connectivity index (χ0v) is 11.0. The molecule has 0 amide bonds. The molecule has 1 aromatic rings. The molecule has 5 heteroatoms. The van der Waals surface area contributed by atoms with E-state index in [4.69, 9.17) is 9.62 Å². The first kappa shape index (κ1) is 14.5. The fourth-order valence-electron chi connectivity index (χ4n) is 1.23. The third-order valence-corrected chi connectivity index (χ3v) is 2.15. The van der Waals surface area contributed by atoms with Crippen LogP contribution < -0.4 is 0 Å². The molecule has 1 aromatic carbocycles. The summed E-state index contributed by atoms with van der Waals surface area (Å²) in [6, 6.07) is 9.44. The van der Waals surface area contributed by atoms with Gasteiger partial charge in [-0.1, -0.05) is 30.3 Å². The normalized spacial score (nSPS) is 11.4. The van der Waals surface area contributed by atoms with Crippen LogP contribution >= 0.6 is 0 Å². The lowest BCUT2D eigenvalue weighted by atomic mass is 9.99. The molecule has 0 saturated heterocycles. The van der Waals surface area contributed by atoms with Crippen LogP contribution in [0.3, 0.4) is 0 Å². The summed E-state index contributed by atoms with van der Waals surface area (Å²) in [5.41, 5.74) is 0.158. The molecule has 5 nitrogen and oxygen atoms in total. The van der Waals surface area contributed by atoms with Gasteiger partial charge >= 0.3 is 6.16 Å². The van der Waals surface area contributed by atoms with E-state index < -0.39 is 11.8 Å². The summed E-state index contributed by atoms with van der Waals surface area (Å²) in [6.45, 7) is 6.99. The average molecular weight is 254 g/mol. The van der Waals surface area contributed by atoms with Crippen molar-refractivity contribution < 1.29 is 24.3 Å². The molecule has 0 aliphatic carbocycles. The predicted molar refractivity (Wildman–Crippen MR) is 64.3 cm³/mol. The van der Waals surface area contributed by atoms with Gasteiger partial charge in [-0.2, -0.15) is 4.89 Å². The second-order valence-corrected chi connectivity index (χ2v) is 4.53. The lowest BCUT2D eigenvalue weighted by Gasteiger charge is -2.22. The monoisotopic (exact) mass is 254 g/mol. The molecule has 0 heterocycles. The van der Waals surface area contributed by atoms with Crippen LogP contribution in [-0.2, 0) is 25.2 Å². The molecular weight excluding hydrogens is 236 g/mol. The van der Waals surface area contributed by atoms with Gasteiger partial charge in [0.2, 0.25) is 0 Å². The summed E-state index contributed by atoms with van der Waals surface area (Å²) in [6.07, 6.45) is -1.21. The van der Waals surface area contributed by atoms with Crippen molar-refractivity contribution in [1.82, 2.24) is 0 Å². The van der Waals surface area contributed by atoms with Crippen LogP contribution in [0.1, 0.15) is 33.3 Å². The molecule has 0 spiro atoms. The van der Waals surface area contributed by atoms with E-state index in [1.165, 1.54) is 0 Å². The molecule has 0 unspecified atom stereocenters. The molecule has 0 atom stereocenters. The maximum absolute atomic E-state index is 11.0. The van der Waals surface area contributed by atoms with Gasteiger partial charge in [0, 0.05) is 0 Å². The van der Waals surface area contributed by atoms with Gasteiger partial charge in [-0.25, -0.2) is 9.68 Å². The number of hydrogen-bond donors (Lipinski definition) is 0. The zero-order chi connectivity index (χ0) is 13.6. The Labute approximate surface area is 106 Å². The van der Waals surface area contributed by atoms with Crippen LogP contribution in [0.15, 0.2) is 30.3 Å². The van der Waals surface area contributed by atoms with Crippen molar-refractivity contribution in [2.45, 2.75) is 39.4 Å². The minimum Gasteiger partial charge on any atom is -0.430 e. The second-order valence-electron chi connectivity index (χ2n) is 4.53. The molecule has 0 aliphatic heterocycles. The predicted octanol–water partition coefficient (Wildman–Crippen LogP) is 3.35. The van der Waals surface area contributed by atoms with Crippen molar-refractivity contribution in [1.29, 1.82) is 0 Å². The number of carbonyl (C=O) groups excluding carboxylic acids is 1. The molecule has 1 rings (SSSR count). The summed E-state index contributed by atoms with van der Waals surface area (Å²) in [5.74, 6) is 0. The van der Waals surface area contributed by atoms with E-state index in [1.807, 2.05) is 30.3 Å². The SMILES string of the molecule is CC(C)OC(=O)OOOC(C)(C)c1ccccc1. The number of carbonyl (C=O) groups is 1. The van der Waals surface area contributed by atoms with E-state index in [0.717, 1.165) is 5.56 Å². The van der Waals surface area contributed by atoms with E-state index in [0.29, 0.717) is 0 Å². The third kappa shape index (κ3) is 4.73. The largest absolute Gasteiger partial charge is 0.542 e. The lowest BCUT2D eigenvalue weighted by Crippen LogP contribution is -2.23. The van der Waals surface area contributed by atoms with Crippen LogP contribution in [0.2, 0.25) is 0 Å². The number of rotatable bonds is 5. The van der Waals surface area contributed by atoms with Crippen LogP contribution in [0, 0.1) is 0 Å². The molecule has 100 valence electrons. The van der Waals surface area contributed by atoms with Gasteiger partial charge in [0.25, 0.3) is 0 Å². The number of ether oxygens (including phenoxy) is 1. The summed E-state index contributed by atoms with van der Waals surface area (Å²) in [4.78, 5) is 20.4. The molecule has 0 aliphatic rings. The van der Waals surface area contributed by atoms with Crippen molar-refractivity contribution in [3.63, 3.8) is 0 Å². The smallest absolute Gasteiger partial charge is 0.430 e. The van der Waals surface area contributed by atoms with E-state index in [1.54, 1.807) is 27.7 Å². The standard InChI is InChI=1S/C13H18O5/c1-10(2)15-12(14)16-18-17-13(3,4)11-8-6-5-7-9-11/h5-10H,1-4H3. The summed E-state index contributed by atoms with van der Waals surface area (Å²) >= 11 is 0. The molecule has 0 N–H and O–H groups in total. The first-order chi connectivity index (χ1) is 8.42. The molecular formula is C13H18O5. The Morgan fingerprint density at radius 2 is 1.78 bits per heavy atom. The Hall–Kier alpha value is -1.59. The first-order valence-corrected chi connectivity index (χ1v) is 5.70. The van der Waals surface area contributed by atoms with Gasteiger partial charge in [-0.3, -0.25) is 0 Å². The number of hydrogen-bond acceptors (Lipinski definition) is 5. The van der Waals surface area contributed by atoms with Crippen molar-refractivity contribution in [2.24, 2.45) is 0 Å². The van der Waals surface area contributed by atoms with E-state index >= 15 is 0 Å². The Morgan fingerprint density at radius 3 is 2.33 bits per heavy atom. The van der Waals surface area contributed by atoms with Gasteiger partial charge in [0.05, 0.1) is 6.10 Å². The third-order valence-electron chi connectivity index (χ3n) is 2.15. The van der Waals surface area contributed by atoms with Crippen LogP contribution in [0.25, 0.3) is 0 Å². The van der Waals surface area contributed by atoms with Crippen molar-refractivity contribution in [3.05, 3.63) is 35.9 Å². The van der Waals surface area contributed by atoms with Gasteiger partial charge in [-0.05, 0) is 38.3 Å². The van der Waals surface area contributed by atoms with Gasteiger partial charge < -0.3 is 4.74 Å². The lowest BCUT2D eigenvalue weighted by molar-refractivity contribution is -0.520. The Bertz CT molecular complexity index is 372. The van der Waals surface area contributed by atoms with Gasteiger partial charge in [-0.15, -0.1) is 0 Å². The highest BCUT2D eigenvalue weighted by molar-refractivity contribution is 5.59. The van der Waals surface area contributed by atoms with Crippen LogP contribution in [0.4, 0.5) is 4.79 Å². The molecule has 0 radical (unpaired) electrons. The molecule has 0 saturated carbocycles. The fraction of sp³-hybridized carbons (Fsp3) is 0.462. The quantitative estimate of drug-likeness (QED) is 0.458. The zero-order valence-electron chi connectivity index (χ0n) is 11.0. The highest BCUT2D eigenvalue weighted by Gasteiger charge is 2.24. The molecule has 0 aromatic heterocycles. The number of benzene rings is 1. The summed E-state index contributed by atoms with van der Waals surface area (Å²) in [7, 11) is 0. The maximum atomic E-state index is 11.0. The molecule has 18 heavy (non-hydrogen) atoms. The van der Waals surface area contributed by atoms with Crippen molar-refractivity contribution in [3.8, 4) is 0 Å². The molecule has 0 bridgehead atoms. The minimum atomic E-state index is -0.936. The van der Waals surface area contributed by atoms with Crippen molar-refractivity contribution >= 4 is 6.16 Å². The summed E-state index contributed by atoms with van der Waals surface area (Å²) < 4.78 is 4.70. The van der Waals surface area contributed by atoms with Crippen LogP contribution in [-0.4, -0.2) is 12.3 Å². The Kier molecular flexibility index (Phi) is 5.12. The van der Waals surface area contributed by atoms with Gasteiger partial charge in [0.1, 0.15) is 5.60 Å². The van der Waals surface area contributed by atoms with Crippen molar-refractivity contribution in [2.75, 3.05) is 0 Å². The van der Waals surface area contributed by atoms with E-state index in [-0.39, 0.29) is 6.10 Å². The summed E-state index contributed by atoms with van der Waals surface area (Å²) in [5, 5.41) is 4.44. The second kappa shape index (κ2) is 6.37. The Morgan fingerprint density at radius 1 is 1.17 bits per heavy atom. The topological polar surface area (TPSA) is 54.0 Å². The average Bonchev–Trinajstić information content (AvgIpc) is 2.29. The van der Waals surface area contributed by atoms with E-state index in [2.05, 4.69) is 9.93 Å².